The van der Waals surface area contributed by atoms with Gasteiger partial charge in [0.25, 0.3) is 0 Å². The molecule has 0 unspecified atom stereocenters. The molecule has 0 saturated heterocycles. The first-order chi connectivity index (χ1) is 10.8. The zero-order chi connectivity index (χ0) is 17.0. The van der Waals surface area contributed by atoms with Crippen LogP contribution in [0.2, 0.25) is 0 Å². The van der Waals surface area contributed by atoms with Crippen LogP contribution in [0, 0.1) is 5.92 Å². The number of hydrogen-bond acceptors (Lipinski definition) is 3. The van der Waals surface area contributed by atoms with Crippen LogP contribution in [0.4, 0.5) is 13.2 Å². The van der Waals surface area contributed by atoms with Crippen LogP contribution >= 0.6 is 0 Å². The molecule has 126 valence electrons. The minimum Gasteiger partial charge on any atom is -0.475 e. The number of carboxylic acid groups (broad SMARTS) is 1. The topological polar surface area (TPSA) is 81.1 Å². The van der Waals surface area contributed by atoms with Crippen LogP contribution < -0.4 is 5.73 Å². The highest BCUT2D eigenvalue weighted by Crippen LogP contribution is 2.26. The summed E-state index contributed by atoms with van der Waals surface area (Å²) in [6.07, 6.45) is 0.623. The summed E-state index contributed by atoms with van der Waals surface area (Å²) in [5.74, 6) is -2.04. The van der Waals surface area contributed by atoms with Crippen molar-refractivity contribution >= 4 is 16.9 Å². The van der Waals surface area contributed by atoms with Gasteiger partial charge in [-0.3, -0.25) is 4.68 Å². The molecule has 23 heavy (non-hydrogen) atoms. The van der Waals surface area contributed by atoms with Crippen molar-refractivity contribution in [2.75, 3.05) is 0 Å². The summed E-state index contributed by atoms with van der Waals surface area (Å²) in [6.45, 7) is 1.02. The fourth-order valence-electron chi connectivity index (χ4n) is 2.65. The lowest BCUT2D eigenvalue weighted by atomic mass is 10.1. The lowest BCUT2D eigenvalue weighted by Gasteiger charge is -2.08. The van der Waals surface area contributed by atoms with E-state index in [-0.39, 0.29) is 0 Å². The van der Waals surface area contributed by atoms with E-state index < -0.39 is 12.1 Å². The molecular formula is C15H18F3N3O2. The van der Waals surface area contributed by atoms with Gasteiger partial charge >= 0.3 is 12.1 Å². The van der Waals surface area contributed by atoms with Crippen molar-refractivity contribution in [2.45, 2.75) is 38.0 Å². The standard InChI is InChI=1S/C13H17N3.C2HF3O2/c14-12-6-5-10(7-12)8-16-9-11-3-1-2-4-13(11)15-16;3-2(4,5)1(6)7/h1-4,9-10,12H,5-8,14H2;(H,6,7)/t10-,12+;/m1./s1. The molecule has 1 aromatic carbocycles. The average Bonchev–Trinajstić information content (AvgIpc) is 3.04. The van der Waals surface area contributed by atoms with Gasteiger partial charge in [0.1, 0.15) is 0 Å². The van der Waals surface area contributed by atoms with Crippen LogP contribution in [0.1, 0.15) is 19.3 Å². The molecule has 1 aliphatic carbocycles. The zero-order valence-electron chi connectivity index (χ0n) is 12.3. The van der Waals surface area contributed by atoms with Crippen molar-refractivity contribution in [3.63, 3.8) is 0 Å². The largest absolute Gasteiger partial charge is 0.490 e. The summed E-state index contributed by atoms with van der Waals surface area (Å²) in [4.78, 5) is 8.90. The number of benzene rings is 1. The molecule has 2 atom stereocenters. The van der Waals surface area contributed by atoms with E-state index in [1.807, 2.05) is 6.07 Å². The average molecular weight is 329 g/mol. The molecule has 3 rings (SSSR count). The molecule has 0 bridgehead atoms. The van der Waals surface area contributed by atoms with Gasteiger partial charge in [-0.15, -0.1) is 0 Å². The Balaban J connectivity index is 0.000000236. The van der Waals surface area contributed by atoms with Crippen molar-refractivity contribution in [3.05, 3.63) is 30.5 Å². The molecule has 0 spiro atoms. The van der Waals surface area contributed by atoms with E-state index in [2.05, 4.69) is 34.2 Å². The number of carbonyl (C=O) groups is 1. The van der Waals surface area contributed by atoms with E-state index in [4.69, 9.17) is 15.6 Å². The number of nitrogens with zero attached hydrogens (tertiary/aromatic N) is 2. The molecule has 2 aromatic rings. The SMILES string of the molecule is N[C@H]1CC[C@@H](Cn2cc3ccccc3n2)C1.O=C(O)C(F)(F)F. The van der Waals surface area contributed by atoms with Crippen LogP contribution in [-0.2, 0) is 11.3 Å². The van der Waals surface area contributed by atoms with E-state index in [0.29, 0.717) is 12.0 Å². The Hall–Kier alpha value is -2.09. The molecule has 1 aliphatic rings. The quantitative estimate of drug-likeness (QED) is 0.888. The highest BCUT2D eigenvalue weighted by Gasteiger charge is 2.38. The van der Waals surface area contributed by atoms with Gasteiger partial charge in [-0.2, -0.15) is 18.3 Å². The fourth-order valence-corrected chi connectivity index (χ4v) is 2.65. The van der Waals surface area contributed by atoms with Gasteiger partial charge in [0.05, 0.1) is 5.52 Å². The molecule has 1 fully saturated rings. The number of hydrogen-bond donors (Lipinski definition) is 2. The van der Waals surface area contributed by atoms with Gasteiger partial charge in [-0.1, -0.05) is 18.2 Å². The molecular weight excluding hydrogens is 311 g/mol. The second-order valence-corrected chi connectivity index (χ2v) is 5.65. The second-order valence-electron chi connectivity index (χ2n) is 5.65. The van der Waals surface area contributed by atoms with Gasteiger partial charge in [-0.05, 0) is 31.2 Å². The minimum atomic E-state index is -5.08. The number of alkyl halides is 3. The molecule has 1 saturated carbocycles. The second kappa shape index (κ2) is 6.99. The van der Waals surface area contributed by atoms with Crippen LogP contribution in [0.5, 0.6) is 0 Å². The molecule has 0 amide bonds. The third-order valence-corrected chi connectivity index (χ3v) is 3.73. The van der Waals surface area contributed by atoms with Gasteiger partial charge in [-0.25, -0.2) is 4.79 Å². The van der Waals surface area contributed by atoms with E-state index in [9.17, 15) is 13.2 Å². The number of fused-ring (bicyclic) bond motifs is 1. The van der Waals surface area contributed by atoms with Gasteiger partial charge in [0.15, 0.2) is 0 Å². The Kier molecular flexibility index (Phi) is 5.25. The molecule has 0 aliphatic heterocycles. The first-order valence-electron chi connectivity index (χ1n) is 7.23. The number of rotatable bonds is 2. The highest BCUT2D eigenvalue weighted by atomic mass is 19.4. The maximum Gasteiger partial charge on any atom is 0.490 e. The number of nitrogens with two attached hydrogens (primary N) is 1. The van der Waals surface area contributed by atoms with Crippen LogP contribution in [0.25, 0.3) is 10.9 Å². The van der Waals surface area contributed by atoms with E-state index >= 15 is 0 Å². The lowest BCUT2D eigenvalue weighted by Crippen LogP contribution is -2.21. The maximum absolute atomic E-state index is 10.6. The monoisotopic (exact) mass is 329 g/mol. The van der Waals surface area contributed by atoms with Crippen molar-refractivity contribution in [2.24, 2.45) is 11.7 Å². The van der Waals surface area contributed by atoms with E-state index in [1.165, 1.54) is 18.2 Å². The fraction of sp³-hybridized carbons (Fsp3) is 0.467. The van der Waals surface area contributed by atoms with Crippen molar-refractivity contribution < 1.29 is 23.1 Å². The normalized spacial score (nSPS) is 21.0. The molecule has 0 radical (unpaired) electrons. The summed E-state index contributed by atoms with van der Waals surface area (Å²) in [6, 6.07) is 8.67. The number of carboxylic acids is 1. The van der Waals surface area contributed by atoms with Gasteiger partial charge in [0, 0.05) is 24.2 Å². The Labute approximate surface area is 130 Å². The Morgan fingerprint density at radius 3 is 2.52 bits per heavy atom. The Morgan fingerprint density at radius 1 is 1.35 bits per heavy atom. The number of aromatic nitrogens is 2. The highest BCUT2D eigenvalue weighted by molar-refractivity contribution is 5.77. The van der Waals surface area contributed by atoms with Gasteiger partial charge in [0.2, 0.25) is 0 Å². The van der Waals surface area contributed by atoms with Crippen LogP contribution in [-0.4, -0.2) is 33.1 Å². The molecule has 1 aromatic heterocycles. The summed E-state index contributed by atoms with van der Waals surface area (Å²) >= 11 is 0. The van der Waals surface area contributed by atoms with Crippen LogP contribution in [0.3, 0.4) is 0 Å². The lowest BCUT2D eigenvalue weighted by molar-refractivity contribution is -0.192. The minimum absolute atomic E-state index is 0.412. The smallest absolute Gasteiger partial charge is 0.475 e. The van der Waals surface area contributed by atoms with Gasteiger partial charge < -0.3 is 10.8 Å². The predicted molar refractivity (Wildman–Crippen MR) is 78.7 cm³/mol. The first kappa shape index (κ1) is 17.3. The third kappa shape index (κ3) is 4.95. The summed E-state index contributed by atoms with van der Waals surface area (Å²) in [5, 5.41) is 12.9. The predicted octanol–water partition coefficient (Wildman–Crippen LogP) is 2.80. The van der Waals surface area contributed by atoms with Crippen molar-refractivity contribution in [1.82, 2.24) is 9.78 Å². The molecule has 5 nitrogen and oxygen atoms in total. The summed E-state index contributed by atoms with van der Waals surface area (Å²) in [7, 11) is 0. The number of halogens is 3. The van der Waals surface area contributed by atoms with E-state index in [1.54, 1.807) is 0 Å². The Morgan fingerprint density at radius 2 is 2.00 bits per heavy atom. The summed E-state index contributed by atoms with van der Waals surface area (Å²) in [5.41, 5.74) is 7.01. The zero-order valence-corrected chi connectivity index (χ0v) is 12.3. The third-order valence-electron chi connectivity index (χ3n) is 3.73. The van der Waals surface area contributed by atoms with E-state index in [0.717, 1.165) is 18.5 Å². The molecule has 3 N–H and O–H groups in total. The molecule has 1 heterocycles. The summed E-state index contributed by atoms with van der Waals surface area (Å²) < 4.78 is 33.8. The van der Waals surface area contributed by atoms with Crippen molar-refractivity contribution in [1.29, 1.82) is 0 Å². The first-order valence-corrected chi connectivity index (χ1v) is 7.23. The Bertz CT molecular complexity index is 636. The number of aliphatic carboxylic acids is 1. The maximum atomic E-state index is 10.6. The molecule has 8 heteroatoms. The van der Waals surface area contributed by atoms with Crippen molar-refractivity contribution in [3.8, 4) is 0 Å². The van der Waals surface area contributed by atoms with Crippen LogP contribution in [0.15, 0.2) is 30.5 Å².